The minimum absolute atomic E-state index is 0. The normalized spacial score (nSPS) is 28.6. The fourth-order valence-corrected chi connectivity index (χ4v) is 3.71. The van der Waals surface area contributed by atoms with Gasteiger partial charge in [-0.25, -0.2) is 0 Å². The van der Waals surface area contributed by atoms with Crippen LogP contribution in [0.2, 0.25) is 0 Å². The van der Waals surface area contributed by atoms with Crippen molar-refractivity contribution in [1.82, 2.24) is 10.2 Å². The van der Waals surface area contributed by atoms with E-state index in [0.29, 0.717) is 18.1 Å². The number of likely N-dealkylation sites (N-methyl/N-ethyl adjacent to an activating group) is 1. The number of rotatable bonds is 3. The molecule has 2 aliphatic rings. The maximum absolute atomic E-state index is 12.7. The van der Waals surface area contributed by atoms with Crippen molar-refractivity contribution in [3.8, 4) is 0 Å². The SMILES string of the molecule is CC(C(=O)N(C)C1CC2CCC(C1)N2)c1ccccc1.Cl. The van der Waals surface area contributed by atoms with Gasteiger partial charge in [-0.3, -0.25) is 4.79 Å². The van der Waals surface area contributed by atoms with E-state index in [1.54, 1.807) is 0 Å². The first-order valence-corrected chi connectivity index (χ1v) is 7.73. The van der Waals surface area contributed by atoms with Gasteiger partial charge in [0.05, 0.1) is 5.92 Å². The third-order valence-electron chi connectivity index (χ3n) is 5.01. The summed E-state index contributed by atoms with van der Waals surface area (Å²) in [4.78, 5) is 14.7. The molecule has 0 radical (unpaired) electrons. The third-order valence-corrected chi connectivity index (χ3v) is 5.01. The molecule has 1 aromatic rings. The van der Waals surface area contributed by atoms with Crippen molar-refractivity contribution in [3.63, 3.8) is 0 Å². The van der Waals surface area contributed by atoms with Crippen LogP contribution in [0, 0.1) is 0 Å². The molecule has 1 N–H and O–H groups in total. The van der Waals surface area contributed by atoms with Crippen LogP contribution in [0.25, 0.3) is 0 Å². The van der Waals surface area contributed by atoms with Gasteiger partial charge in [0.15, 0.2) is 0 Å². The number of hydrogen-bond acceptors (Lipinski definition) is 2. The van der Waals surface area contributed by atoms with E-state index in [-0.39, 0.29) is 24.2 Å². The van der Waals surface area contributed by atoms with E-state index in [1.807, 2.05) is 49.2 Å². The van der Waals surface area contributed by atoms with E-state index in [0.717, 1.165) is 18.4 Å². The fraction of sp³-hybridized carbons (Fsp3) is 0.588. The van der Waals surface area contributed by atoms with Crippen LogP contribution in [0.5, 0.6) is 0 Å². The standard InChI is InChI=1S/C17H24N2O.ClH/c1-12(13-6-4-3-5-7-13)17(20)19(2)16-10-14-8-9-15(11-16)18-14;/h3-7,12,14-16,18H,8-11H2,1-2H3;1H. The maximum Gasteiger partial charge on any atom is 0.229 e. The predicted molar refractivity (Wildman–Crippen MR) is 87.8 cm³/mol. The fourth-order valence-electron chi connectivity index (χ4n) is 3.71. The Morgan fingerprint density at radius 1 is 1.19 bits per heavy atom. The molecular weight excluding hydrogens is 284 g/mol. The minimum Gasteiger partial charge on any atom is -0.342 e. The van der Waals surface area contributed by atoms with Crippen molar-refractivity contribution in [2.24, 2.45) is 0 Å². The first-order chi connectivity index (χ1) is 9.65. The number of piperidine rings is 1. The zero-order chi connectivity index (χ0) is 14.1. The van der Waals surface area contributed by atoms with Gasteiger partial charge in [-0.2, -0.15) is 0 Å². The number of hydrogen-bond donors (Lipinski definition) is 1. The summed E-state index contributed by atoms with van der Waals surface area (Å²) < 4.78 is 0. The molecule has 2 saturated heterocycles. The first kappa shape index (κ1) is 16.3. The summed E-state index contributed by atoms with van der Waals surface area (Å²) in [6.07, 6.45) is 4.77. The summed E-state index contributed by atoms with van der Waals surface area (Å²) in [6.45, 7) is 2.02. The Labute approximate surface area is 133 Å². The molecule has 3 nitrogen and oxygen atoms in total. The molecule has 0 aromatic heterocycles. The molecule has 2 fully saturated rings. The van der Waals surface area contributed by atoms with Crippen LogP contribution in [-0.2, 0) is 4.79 Å². The van der Waals surface area contributed by atoms with Crippen LogP contribution in [0.3, 0.4) is 0 Å². The van der Waals surface area contributed by atoms with E-state index in [9.17, 15) is 4.79 Å². The second-order valence-electron chi connectivity index (χ2n) is 6.34. The van der Waals surface area contributed by atoms with Crippen molar-refractivity contribution < 1.29 is 4.79 Å². The molecule has 3 atom stereocenters. The van der Waals surface area contributed by atoms with E-state index in [1.165, 1.54) is 12.8 Å². The van der Waals surface area contributed by atoms with Gasteiger partial charge in [0.1, 0.15) is 0 Å². The number of carbonyl (C=O) groups is 1. The van der Waals surface area contributed by atoms with Gasteiger partial charge in [0, 0.05) is 25.2 Å². The molecule has 0 spiro atoms. The Kier molecular flexibility index (Phi) is 5.28. The van der Waals surface area contributed by atoms with Crippen molar-refractivity contribution in [2.45, 2.75) is 56.7 Å². The monoisotopic (exact) mass is 308 g/mol. The highest BCUT2D eigenvalue weighted by molar-refractivity contribution is 5.85. The quantitative estimate of drug-likeness (QED) is 0.931. The van der Waals surface area contributed by atoms with Gasteiger partial charge >= 0.3 is 0 Å². The Balaban J connectivity index is 0.00000161. The third kappa shape index (κ3) is 3.41. The molecule has 2 heterocycles. The molecule has 2 bridgehead atoms. The summed E-state index contributed by atoms with van der Waals surface area (Å²) in [5, 5.41) is 3.64. The highest BCUT2D eigenvalue weighted by atomic mass is 35.5. The number of halogens is 1. The highest BCUT2D eigenvalue weighted by Gasteiger charge is 2.37. The summed E-state index contributed by atoms with van der Waals surface area (Å²) in [6, 6.07) is 11.8. The van der Waals surface area contributed by atoms with Gasteiger partial charge in [-0.1, -0.05) is 30.3 Å². The van der Waals surface area contributed by atoms with Crippen molar-refractivity contribution in [1.29, 1.82) is 0 Å². The molecule has 2 aliphatic heterocycles. The maximum atomic E-state index is 12.7. The molecular formula is C17H25ClN2O. The van der Waals surface area contributed by atoms with E-state index >= 15 is 0 Å². The van der Waals surface area contributed by atoms with Crippen LogP contribution in [0.15, 0.2) is 30.3 Å². The molecule has 1 amide bonds. The Bertz CT molecular complexity index is 467. The molecule has 3 rings (SSSR count). The number of nitrogens with zero attached hydrogens (tertiary/aromatic N) is 1. The lowest BCUT2D eigenvalue weighted by atomic mass is 9.95. The van der Waals surface area contributed by atoms with Gasteiger partial charge in [-0.05, 0) is 38.2 Å². The lowest BCUT2D eigenvalue weighted by Gasteiger charge is -2.36. The van der Waals surface area contributed by atoms with E-state index in [4.69, 9.17) is 0 Å². The lowest BCUT2D eigenvalue weighted by Crippen LogP contribution is -2.49. The van der Waals surface area contributed by atoms with Crippen molar-refractivity contribution in [2.75, 3.05) is 7.05 Å². The Hall–Kier alpha value is -1.06. The van der Waals surface area contributed by atoms with Crippen LogP contribution in [0.1, 0.15) is 44.1 Å². The van der Waals surface area contributed by atoms with Gasteiger partial charge in [0.25, 0.3) is 0 Å². The molecule has 1 aromatic carbocycles. The lowest BCUT2D eigenvalue weighted by molar-refractivity contribution is -0.133. The number of carbonyl (C=O) groups excluding carboxylic acids is 1. The number of benzene rings is 1. The van der Waals surface area contributed by atoms with Crippen molar-refractivity contribution in [3.05, 3.63) is 35.9 Å². The Morgan fingerprint density at radius 3 is 2.33 bits per heavy atom. The second-order valence-corrected chi connectivity index (χ2v) is 6.34. The molecule has 0 aliphatic carbocycles. The van der Waals surface area contributed by atoms with Crippen LogP contribution in [-0.4, -0.2) is 36.0 Å². The summed E-state index contributed by atoms with van der Waals surface area (Å²) >= 11 is 0. The zero-order valence-corrected chi connectivity index (χ0v) is 13.6. The zero-order valence-electron chi connectivity index (χ0n) is 12.8. The van der Waals surface area contributed by atoms with Crippen LogP contribution < -0.4 is 5.32 Å². The largest absolute Gasteiger partial charge is 0.342 e. The van der Waals surface area contributed by atoms with E-state index < -0.39 is 0 Å². The number of nitrogens with one attached hydrogen (secondary N) is 1. The average molecular weight is 309 g/mol. The number of amides is 1. The van der Waals surface area contributed by atoms with Crippen molar-refractivity contribution >= 4 is 18.3 Å². The Morgan fingerprint density at radius 2 is 1.76 bits per heavy atom. The molecule has 0 saturated carbocycles. The highest BCUT2D eigenvalue weighted by Crippen LogP contribution is 2.30. The topological polar surface area (TPSA) is 32.3 Å². The van der Waals surface area contributed by atoms with E-state index in [2.05, 4.69) is 5.32 Å². The molecule has 4 heteroatoms. The second kappa shape index (κ2) is 6.80. The minimum atomic E-state index is -0.0475. The summed E-state index contributed by atoms with van der Waals surface area (Å²) in [7, 11) is 1.98. The van der Waals surface area contributed by atoms with Gasteiger partial charge in [-0.15, -0.1) is 12.4 Å². The molecule has 21 heavy (non-hydrogen) atoms. The first-order valence-electron chi connectivity index (χ1n) is 7.73. The number of fused-ring (bicyclic) bond motifs is 2. The molecule has 116 valence electrons. The van der Waals surface area contributed by atoms with Crippen LogP contribution >= 0.6 is 12.4 Å². The van der Waals surface area contributed by atoms with Crippen LogP contribution in [0.4, 0.5) is 0 Å². The molecule has 3 unspecified atom stereocenters. The summed E-state index contributed by atoms with van der Waals surface area (Å²) in [5.41, 5.74) is 1.11. The predicted octanol–water partition coefficient (Wildman–Crippen LogP) is 2.95. The van der Waals surface area contributed by atoms with Gasteiger partial charge in [0.2, 0.25) is 5.91 Å². The smallest absolute Gasteiger partial charge is 0.229 e. The average Bonchev–Trinajstić information content (AvgIpc) is 2.84. The summed E-state index contributed by atoms with van der Waals surface area (Å²) in [5.74, 6) is 0.205. The van der Waals surface area contributed by atoms with Gasteiger partial charge < -0.3 is 10.2 Å².